The van der Waals surface area contributed by atoms with E-state index in [1.807, 2.05) is 0 Å². The van der Waals surface area contributed by atoms with Crippen LogP contribution in [0.1, 0.15) is 6.42 Å². The van der Waals surface area contributed by atoms with Crippen LogP contribution in [0.4, 0.5) is 0 Å². The molecule has 0 aromatic heterocycles. The van der Waals surface area contributed by atoms with Gasteiger partial charge in [0.05, 0.1) is 0 Å². The zero-order valence-electron chi connectivity index (χ0n) is 5.08. The van der Waals surface area contributed by atoms with Crippen molar-refractivity contribution >= 4 is 29.2 Å². The molecule has 1 rings (SSSR count). The summed E-state index contributed by atoms with van der Waals surface area (Å²) in [6.07, 6.45) is 5.38. The lowest BCUT2D eigenvalue weighted by atomic mass is 10.3. The van der Waals surface area contributed by atoms with Crippen LogP contribution >= 0.6 is 24.8 Å². The van der Waals surface area contributed by atoms with Gasteiger partial charge in [-0.05, 0) is 6.42 Å². The standard InChI is InChI=1S/C6H9NS2/c8-6(9)7-4-2-1-3-5-7/h1-2H,3-5H2,(H,8,9). The van der Waals surface area contributed by atoms with Crippen LogP contribution in [0.15, 0.2) is 12.2 Å². The Hall–Kier alpha value is -0.0200. The van der Waals surface area contributed by atoms with Crippen molar-refractivity contribution in [1.82, 2.24) is 4.90 Å². The molecule has 1 nitrogen and oxygen atoms in total. The molecule has 1 heterocycles. The molecule has 0 aromatic rings. The van der Waals surface area contributed by atoms with Crippen molar-refractivity contribution in [2.45, 2.75) is 6.42 Å². The minimum Gasteiger partial charge on any atom is -0.354 e. The van der Waals surface area contributed by atoms with Gasteiger partial charge >= 0.3 is 0 Å². The lowest BCUT2D eigenvalue weighted by molar-refractivity contribution is 0.470. The zero-order chi connectivity index (χ0) is 6.69. The highest BCUT2D eigenvalue weighted by molar-refractivity contribution is 8.10. The molecule has 1 aliphatic rings. The molecule has 0 spiro atoms. The van der Waals surface area contributed by atoms with E-state index in [0.29, 0.717) is 4.32 Å². The highest BCUT2D eigenvalue weighted by Crippen LogP contribution is 2.03. The summed E-state index contributed by atoms with van der Waals surface area (Å²) in [5.41, 5.74) is 0. The van der Waals surface area contributed by atoms with Crippen molar-refractivity contribution in [3.8, 4) is 0 Å². The fraction of sp³-hybridized carbons (Fsp3) is 0.500. The molecular formula is C6H9NS2. The maximum Gasteiger partial charge on any atom is 0.133 e. The first kappa shape index (κ1) is 7.09. The van der Waals surface area contributed by atoms with Crippen LogP contribution in [0, 0.1) is 0 Å². The Morgan fingerprint density at radius 1 is 1.56 bits per heavy atom. The average Bonchev–Trinajstić information content (AvgIpc) is 1.90. The van der Waals surface area contributed by atoms with E-state index < -0.39 is 0 Å². The first-order valence-corrected chi connectivity index (χ1v) is 3.79. The summed E-state index contributed by atoms with van der Waals surface area (Å²) in [7, 11) is 0. The van der Waals surface area contributed by atoms with Gasteiger partial charge in [0, 0.05) is 13.1 Å². The van der Waals surface area contributed by atoms with Crippen molar-refractivity contribution in [3.05, 3.63) is 12.2 Å². The summed E-state index contributed by atoms with van der Waals surface area (Å²) in [6.45, 7) is 1.96. The monoisotopic (exact) mass is 159 g/mol. The number of hydrogen-bond acceptors (Lipinski definition) is 1. The fourth-order valence-corrected chi connectivity index (χ4v) is 1.16. The predicted molar refractivity (Wildman–Crippen MR) is 46.9 cm³/mol. The van der Waals surface area contributed by atoms with Gasteiger partial charge in [-0.3, -0.25) is 0 Å². The molecule has 9 heavy (non-hydrogen) atoms. The SMILES string of the molecule is S=C(S)N1CC=CCC1. The summed E-state index contributed by atoms with van der Waals surface area (Å²) in [4.78, 5) is 2.07. The van der Waals surface area contributed by atoms with Gasteiger partial charge in [-0.25, -0.2) is 0 Å². The second kappa shape index (κ2) is 3.22. The second-order valence-corrected chi connectivity index (χ2v) is 3.10. The molecule has 0 bridgehead atoms. The molecule has 0 aliphatic carbocycles. The van der Waals surface area contributed by atoms with Crippen LogP contribution in [-0.2, 0) is 0 Å². The minimum atomic E-state index is 0.708. The first-order chi connectivity index (χ1) is 4.30. The van der Waals surface area contributed by atoms with Gasteiger partial charge in [0.2, 0.25) is 0 Å². The largest absolute Gasteiger partial charge is 0.354 e. The highest BCUT2D eigenvalue weighted by Gasteiger charge is 2.04. The molecule has 0 saturated heterocycles. The van der Waals surface area contributed by atoms with Gasteiger partial charge in [0.1, 0.15) is 4.32 Å². The van der Waals surface area contributed by atoms with Crippen molar-refractivity contribution in [1.29, 1.82) is 0 Å². The molecule has 0 amide bonds. The number of nitrogens with zero attached hydrogens (tertiary/aromatic N) is 1. The molecule has 1 aliphatic heterocycles. The Morgan fingerprint density at radius 2 is 2.33 bits per heavy atom. The molecule has 50 valence electrons. The average molecular weight is 159 g/mol. The Morgan fingerprint density at radius 3 is 2.67 bits per heavy atom. The summed E-state index contributed by atoms with van der Waals surface area (Å²) >= 11 is 8.94. The number of rotatable bonds is 0. The molecule has 0 saturated carbocycles. The molecule has 0 atom stereocenters. The topological polar surface area (TPSA) is 3.24 Å². The smallest absolute Gasteiger partial charge is 0.133 e. The van der Waals surface area contributed by atoms with Crippen LogP contribution in [-0.4, -0.2) is 22.3 Å². The van der Waals surface area contributed by atoms with Crippen molar-refractivity contribution in [2.24, 2.45) is 0 Å². The lowest BCUT2D eigenvalue weighted by Crippen LogP contribution is -2.29. The normalized spacial score (nSPS) is 18.1. The van der Waals surface area contributed by atoms with E-state index >= 15 is 0 Å². The highest BCUT2D eigenvalue weighted by atomic mass is 32.1. The van der Waals surface area contributed by atoms with Crippen molar-refractivity contribution in [3.63, 3.8) is 0 Å². The van der Waals surface area contributed by atoms with E-state index in [9.17, 15) is 0 Å². The molecule has 0 fully saturated rings. The summed E-state index contributed by atoms with van der Waals surface area (Å²) < 4.78 is 0.708. The first-order valence-electron chi connectivity index (χ1n) is 2.93. The molecule has 0 aromatic carbocycles. The quantitative estimate of drug-likeness (QED) is 0.324. The number of thiocarbonyl (C=S) groups is 1. The van der Waals surface area contributed by atoms with Gasteiger partial charge in [-0.1, -0.05) is 24.4 Å². The Kier molecular flexibility index (Phi) is 2.54. The maximum absolute atomic E-state index is 4.87. The fourth-order valence-electron chi connectivity index (χ4n) is 0.815. The van der Waals surface area contributed by atoms with Gasteiger partial charge in [0.25, 0.3) is 0 Å². The van der Waals surface area contributed by atoms with Gasteiger partial charge in [0.15, 0.2) is 0 Å². The Balaban J connectivity index is 2.44. The van der Waals surface area contributed by atoms with Gasteiger partial charge in [-0.2, -0.15) is 0 Å². The van der Waals surface area contributed by atoms with Crippen LogP contribution in [0.3, 0.4) is 0 Å². The third-order valence-corrected chi connectivity index (χ3v) is 1.87. The summed E-state index contributed by atoms with van der Waals surface area (Å²) in [5, 5.41) is 0. The van der Waals surface area contributed by atoms with E-state index in [0.717, 1.165) is 19.5 Å². The molecule has 0 unspecified atom stereocenters. The maximum atomic E-state index is 4.87. The van der Waals surface area contributed by atoms with Crippen LogP contribution in [0.2, 0.25) is 0 Å². The van der Waals surface area contributed by atoms with E-state index in [4.69, 9.17) is 12.2 Å². The van der Waals surface area contributed by atoms with Crippen LogP contribution < -0.4 is 0 Å². The molecule has 3 heteroatoms. The second-order valence-electron chi connectivity index (χ2n) is 1.99. The third kappa shape index (κ3) is 1.99. The number of hydrogen-bond donors (Lipinski definition) is 1. The Bertz CT molecular complexity index is 142. The third-order valence-electron chi connectivity index (χ3n) is 1.33. The van der Waals surface area contributed by atoms with E-state index in [-0.39, 0.29) is 0 Å². The van der Waals surface area contributed by atoms with Crippen molar-refractivity contribution in [2.75, 3.05) is 13.1 Å². The predicted octanol–water partition coefficient (Wildman–Crippen LogP) is 1.46. The van der Waals surface area contributed by atoms with Crippen LogP contribution in [0.25, 0.3) is 0 Å². The molecule has 0 N–H and O–H groups in total. The van der Waals surface area contributed by atoms with E-state index in [1.54, 1.807) is 0 Å². The number of thiol groups is 1. The van der Waals surface area contributed by atoms with Gasteiger partial charge in [-0.15, -0.1) is 12.6 Å². The molecule has 0 radical (unpaired) electrons. The van der Waals surface area contributed by atoms with Gasteiger partial charge < -0.3 is 4.90 Å². The minimum absolute atomic E-state index is 0.708. The van der Waals surface area contributed by atoms with E-state index in [2.05, 4.69) is 29.7 Å². The van der Waals surface area contributed by atoms with Crippen molar-refractivity contribution < 1.29 is 0 Å². The summed E-state index contributed by atoms with van der Waals surface area (Å²) in [5.74, 6) is 0. The Labute approximate surface area is 66.1 Å². The molecular weight excluding hydrogens is 150 g/mol. The summed E-state index contributed by atoms with van der Waals surface area (Å²) in [6, 6.07) is 0. The lowest BCUT2D eigenvalue weighted by Gasteiger charge is -2.22. The zero-order valence-corrected chi connectivity index (χ0v) is 6.79. The van der Waals surface area contributed by atoms with E-state index in [1.165, 1.54) is 0 Å². The van der Waals surface area contributed by atoms with Crippen LogP contribution in [0.5, 0.6) is 0 Å².